The van der Waals surface area contributed by atoms with E-state index in [1.165, 1.54) is 37.4 Å². The molecule has 1 aromatic heterocycles. The van der Waals surface area contributed by atoms with Crippen molar-refractivity contribution in [3.05, 3.63) is 65.2 Å². The third kappa shape index (κ3) is 4.70. The predicted octanol–water partition coefficient (Wildman–Crippen LogP) is 1.45. The van der Waals surface area contributed by atoms with Crippen molar-refractivity contribution in [3.8, 4) is 0 Å². The minimum Gasteiger partial charge on any atom is -0.348 e. The molecule has 0 aliphatic carbocycles. The van der Waals surface area contributed by atoms with Gasteiger partial charge in [0.2, 0.25) is 5.91 Å². The number of nitrogens with zero attached hydrogens (tertiary/aromatic N) is 3. The molecule has 3 amide bonds. The Morgan fingerprint density at radius 2 is 1.68 bits per heavy atom. The normalized spacial score (nSPS) is 13.9. The number of halogens is 1. The van der Waals surface area contributed by atoms with E-state index >= 15 is 0 Å². The van der Waals surface area contributed by atoms with Gasteiger partial charge in [0.1, 0.15) is 11.5 Å². The maximum Gasteiger partial charge on any atom is 0.272 e. The summed E-state index contributed by atoms with van der Waals surface area (Å²) in [5.41, 5.74) is 1.27. The molecule has 7 nitrogen and oxygen atoms in total. The number of pyridine rings is 1. The van der Waals surface area contributed by atoms with Gasteiger partial charge in [0, 0.05) is 51.4 Å². The zero-order valence-corrected chi connectivity index (χ0v) is 15.5. The number of nitrogens with one attached hydrogen (secondary N) is 1. The van der Waals surface area contributed by atoms with Crippen LogP contribution in [0.5, 0.6) is 0 Å². The minimum atomic E-state index is -0.345. The molecular formula is C20H21FN4O3. The smallest absolute Gasteiger partial charge is 0.272 e. The SMILES string of the molecule is CC(=O)N1CCN(C(=O)c2cc(C(=O)NCc3ccc(F)cc3)ccn2)CC1. The van der Waals surface area contributed by atoms with E-state index in [4.69, 9.17) is 0 Å². The van der Waals surface area contributed by atoms with Crippen molar-refractivity contribution in [3.63, 3.8) is 0 Å². The van der Waals surface area contributed by atoms with Gasteiger partial charge in [-0.15, -0.1) is 0 Å². The van der Waals surface area contributed by atoms with E-state index in [2.05, 4.69) is 10.3 Å². The van der Waals surface area contributed by atoms with Gasteiger partial charge in [-0.1, -0.05) is 12.1 Å². The molecule has 1 fully saturated rings. The quantitative estimate of drug-likeness (QED) is 0.865. The second-order valence-electron chi connectivity index (χ2n) is 6.54. The summed E-state index contributed by atoms with van der Waals surface area (Å²) in [5.74, 6) is -0.958. The molecule has 0 spiro atoms. The number of piperazine rings is 1. The van der Waals surface area contributed by atoms with E-state index in [0.717, 1.165) is 5.56 Å². The number of aromatic nitrogens is 1. The van der Waals surface area contributed by atoms with Crippen LogP contribution in [0.15, 0.2) is 42.6 Å². The Hall–Kier alpha value is -3.29. The highest BCUT2D eigenvalue weighted by molar-refractivity contribution is 5.98. The van der Waals surface area contributed by atoms with Gasteiger partial charge in [-0.2, -0.15) is 0 Å². The van der Waals surface area contributed by atoms with Gasteiger partial charge in [0.15, 0.2) is 0 Å². The minimum absolute atomic E-state index is 0.00922. The average Bonchev–Trinajstić information content (AvgIpc) is 2.72. The summed E-state index contributed by atoms with van der Waals surface area (Å²) in [4.78, 5) is 43.8. The lowest BCUT2D eigenvalue weighted by Crippen LogP contribution is -2.50. The standard InChI is InChI=1S/C20H21FN4O3/c1-14(26)24-8-10-25(11-9-24)20(28)18-12-16(6-7-22-18)19(27)23-13-15-2-4-17(21)5-3-15/h2-7,12H,8-11,13H2,1H3,(H,23,27). The first-order chi connectivity index (χ1) is 13.4. The van der Waals surface area contributed by atoms with Gasteiger partial charge >= 0.3 is 0 Å². The van der Waals surface area contributed by atoms with Crippen LogP contribution in [0.3, 0.4) is 0 Å². The Labute approximate surface area is 162 Å². The maximum atomic E-state index is 12.9. The molecule has 0 bridgehead atoms. The van der Waals surface area contributed by atoms with Crippen LogP contribution in [0.4, 0.5) is 4.39 Å². The fraction of sp³-hybridized carbons (Fsp3) is 0.300. The van der Waals surface area contributed by atoms with Gasteiger partial charge in [0.05, 0.1) is 0 Å². The Bertz CT molecular complexity index is 877. The van der Waals surface area contributed by atoms with E-state index in [0.29, 0.717) is 31.7 Å². The lowest BCUT2D eigenvalue weighted by molar-refractivity contribution is -0.130. The molecular weight excluding hydrogens is 363 g/mol. The number of amides is 3. The van der Waals surface area contributed by atoms with E-state index in [1.807, 2.05) is 0 Å². The second-order valence-corrected chi connectivity index (χ2v) is 6.54. The van der Waals surface area contributed by atoms with Crippen molar-refractivity contribution in [1.29, 1.82) is 0 Å². The molecule has 0 radical (unpaired) electrons. The van der Waals surface area contributed by atoms with Crippen molar-refractivity contribution in [2.75, 3.05) is 26.2 Å². The van der Waals surface area contributed by atoms with Crippen LogP contribution in [-0.4, -0.2) is 58.7 Å². The van der Waals surface area contributed by atoms with Gasteiger partial charge in [-0.05, 0) is 29.8 Å². The van der Waals surface area contributed by atoms with Crippen LogP contribution in [0.1, 0.15) is 33.3 Å². The molecule has 28 heavy (non-hydrogen) atoms. The number of rotatable bonds is 4. The molecule has 0 saturated carbocycles. The number of benzene rings is 1. The molecule has 3 rings (SSSR count). The van der Waals surface area contributed by atoms with Crippen molar-refractivity contribution in [2.45, 2.75) is 13.5 Å². The van der Waals surface area contributed by atoms with Crippen molar-refractivity contribution < 1.29 is 18.8 Å². The van der Waals surface area contributed by atoms with Crippen LogP contribution in [0.25, 0.3) is 0 Å². The van der Waals surface area contributed by atoms with E-state index in [1.54, 1.807) is 21.9 Å². The maximum absolute atomic E-state index is 12.9. The third-order valence-corrected chi connectivity index (χ3v) is 4.62. The first-order valence-corrected chi connectivity index (χ1v) is 8.97. The number of hydrogen-bond acceptors (Lipinski definition) is 4. The predicted molar refractivity (Wildman–Crippen MR) is 100.0 cm³/mol. The molecule has 1 aliphatic heterocycles. The Balaban J connectivity index is 1.61. The fourth-order valence-corrected chi connectivity index (χ4v) is 2.96. The number of hydrogen-bond donors (Lipinski definition) is 1. The molecule has 1 saturated heterocycles. The summed E-state index contributed by atoms with van der Waals surface area (Å²) >= 11 is 0. The third-order valence-electron chi connectivity index (χ3n) is 4.62. The van der Waals surface area contributed by atoms with Crippen molar-refractivity contribution >= 4 is 17.7 Å². The molecule has 1 aliphatic rings. The van der Waals surface area contributed by atoms with Gasteiger partial charge in [0.25, 0.3) is 11.8 Å². The summed E-state index contributed by atoms with van der Waals surface area (Å²) in [6, 6.07) is 8.84. The summed E-state index contributed by atoms with van der Waals surface area (Å²) in [5, 5.41) is 2.74. The Kier molecular flexibility index (Phi) is 5.98. The van der Waals surface area contributed by atoms with E-state index in [-0.39, 0.29) is 35.8 Å². The molecule has 1 N–H and O–H groups in total. The lowest BCUT2D eigenvalue weighted by atomic mass is 10.1. The van der Waals surface area contributed by atoms with Gasteiger partial charge in [-0.25, -0.2) is 4.39 Å². The van der Waals surface area contributed by atoms with Crippen LogP contribution >= 0.6 is 0 Å². The van der Waals surface area contributed by atoms with Crippen LogP contribution < -0.4 is 5.32 Å². The monoisotopic (exact) mass is 384 g/mol. The second kappa shape index (κ2) is 8.60. The zero-order chi connectivity index (χ0) is 20.1. The molecule has 146 valence electrons. The topological polar surface area (TPSA) is 82.6 Å². The summed E-state index contributed by atoms with van der Waals surface area (Å²) in [6.07, 6.45) is 1.42. The molecule has 8 heteroatoms. The lowest BCUT2D eigenvalue weighted by Gasteiger charge is -2.34. The van der Waals surface area contributed by atoms with E-state index in [9.17, 15) is 18.8 Å². The van der Waals surface area contributed by atoms with Crippen LogP contribution in [-0.2, 0) is 11.3 Å². The first-order valence-electron chi connectivity index (χ1n) is 8.97. The highest BCUT2D eigenvalue weighted by atomic mass is 19.1. The molecule has 0 atom stereocenters. The molecule has 0 unspecified atom stereocenters. The molecule has 2 heterocycles. The highest BCUT2D eigenvalue weighted by Gasteiger charge is 2.24. The van der Waals surface area contributed by atoms with Gasteiger partial charge < -0.3 is 15.1 Å². The first kappa shape index (κ1) is 19.5. The van der Waals surface area contributed by atoms with Crippen molar-refractivity contribution in [1.82, 2.24) is 20.1 Å². The highest BCUT2D eigenvalue weighted by Crippen LogP contribution is 2.10. The fourth-order valence-electron chi connectivity index (χ4n) is 2.96. The summed E-state index contributed by atoms with van der Waals surface area (Å²) < 4.78 is 12.9. The molecule has 2 aromatic rings. The summed E-state index contributed by atoms with van der Waals surface area (Å²) in [7, 11) is 0. The number of carbonyl (C=O) groups excluding carboxylic acids is 3. The number of carbonyl (C=O) groups is 3. The van der Waals surface area contributed by atoms with Crippen molar-refractivity contribution in [2.24, 2.45) is 0 Å². The van der Waals surface area contributed by atoms with E-state index < -0.39 is 0 Å². The van der Waals surface area contributed by atoms with Gasteiger partial charge in [-0.3, -0.25) is 19.4 Å². The summed E-state index contributed by atoms with van der Waals surface area (Å²) in [6.45, 7) is 3.59. The Morgan fingerprint density at radius 1 is 1.04 bits per heavy atom. The largest absolute Gasteiger partial charge is 0.348 e. The Morgan fingerprint density at radius 3 is 2.32 bits per heavy atom. The van der Waals surface area contributed by atoms with Crippen LogP contribution in [0.2, 0.25) is 0 Å². The van der Waals surface area contributed by atoms with Crippen LogP contribution in [0, 0.1) is 5.82 Å². The zero-order valence-electron chi connectivity index (χ0n) is 15.5. The molecule has 1 aromatic carbocycles. The average molecular weight is 384 g/mol.